The number of nitrogens with two attached hydrogens (primary N) is 1. The molecule has 1 aromatic carbocycles. The number of amides is 1. The van der Waals surface area contributed by atoms with Gasteiger partial charge in [0.15, 0.2) is 0 Å². The minimum Gasteiger partial charge on any atom is -0.334 e. The fourth-order valence-corrected chi connectivity index (χ4v) is 2.80. The molecule has 1 amide bonds. The van der Waals surface area contributed by atoms with E-state index in [0.29, 0.717) is 18.7 Å². The Hall–Kier alpha value is -1.63. The maximum Gasteiger partial charge on any atom is 0.419 e. The van der Waals surface area contributed by atoms with Crippen LogP contribution < -0.4 is 5.73 Å². The summed E-state index contributed by atoms with van der Waals surface area (Å²) in [6, 6.07) is 1.86. The van der Waals surface area contributed by atoms with Gasteiger partial charge in [-0.15, -0.1) is 0 Å². The van der Waals surface area contributed by atoms with Gasteiger partial charge in [-0.25, -0.2) is 4.39 Å². The first-order valence-corrected chi connectivity index (χ1v) is 7.15. The number of hydrogen-bond donors (Lipinski definition) is 1. The number of carbonyl (C=O) groups excluding carboxylic acids is 1. The quantitative estimate of drug-likeness (QED) is 0.851. The van der Waals surface area contributed by atoms with Gasteiger partial charge in [-0.05, 0) is 44.4 Å². The topological polar surface area (TPSA) is 46.3 Å². The van der Waals surface area contributed by atoms with Gasteiger partial charge in [0.2, 0.25) is 0 Å². The van der Waals surface area contributed by atoms with Crippen LogP contribution in [0.5, 0.6) is 0 Å². The van der Waals surface area contributed by atoms with Crippen molar-refractivity contribution in [3.05, 3.63) is 35.1 Å². The number of likely N-dealkylation sites (tertiary alicyclic amines) is 1. The van der Waals surface area contributed by atoms with Gasteiger partial charge in [0, 0.05) is 24.2 Å². The Kier molecular flexibility index (Phi) is 4.75. The smallest absolute Gasteiger partial charge is 0.334 e. The molecule has 2 atom stereocenters. The lowest BCUT2D eigenvalue weighted by Gasteiger charge is -2.38. The van der Waals surface area contributed by atoms with Crippen LogP contribution in [0.15, 0.2) is 18.2 Å². The fraction of sp³-hybridized carbons (Fsp3) is 0.533. The average Bonchev–Trinajstić information content (AvgIpc) is 2.45. The summed E-state index contributed by atoms with van der Waals surface area (Å²) in [4.78, 5) is 14.0. The summed E-state index contributed by atoms with van der Waals surface area (Å²) in [5.74, 6) is -1.92. The first kappa shape index (κ1) is 16.7. The summed E-state index contributed by atoms with van der Waals surface area (Å²) in [6.07, 6.45) is -2.41. The molecule has 22 heavy (non-hydrogen) atoms. The van der Waals surface area contributed by atoms with Crippen LogP contribution in [0.3, 0.4) is 0 Å². The van der Waals surface area contributed by atoms with Gasteiger partial charge in [-0.3, -0.25) is 4.79 Å². The number of hydrogen-bond acceptors (Lipinski definition) is 2. The van der Waals surface area contributed by atoms with Crippen molar-refractivity contribution in [2.75, 3.05) is 6.54 Å². The van der Waals surface area contributed by atoms with Crippen LogP contribution in [0.2, 0.25) is 0 Å². The number of benzene rings is 1. The Labute approximate surface area is 126 Å². The minimum absolute atomic E-state index is 0.165. The Morgan fingerprint density at radius 1 is 1.36 bits per heavy atom. The predicted molar refractivity (Wildman–Crippen MR) is 73.7 cm³/mol. The van der Waals surface area contributed by atoms with E-state index in [2.05, 4.69) is 0 Å². The largest absolute Gasteiger partial charge is 0.419 e. The SMILES string of the molecule is CC(N)C1CCCCN1C(=O)c1ccc(F)c(C(F)(F)F)c1. The summed E-state index contributed by atoms with van der Waals surface area (Å²) in [5, 5.41) is 0. The molecule has 1 saturated heterocycles. The molecule has 0 aliphatic carbocycles. The first-order valence-electron chi connectivity index (χ1n) is 7.15. The molecule has 2 N–H and O–H groups in total. The lowest BCUT2D eigenvalue weighted by molar-refractivity contribution is -0.140. The van der Waals surface area contributed by atoms with E-state index in [1.165, 1.54) is 4.90 Å². The summed E-state index contributed by atoms with van der Waals surface area (Å²) in [6.45, 7) is 2.21. The number of halogens is 4. The molecule has 1 aromatic rings. The Morgan fingerprint density at radius 3 is 2.64 bits per heavy atom. The Morgan fingerprint density at radius 2 is 2.05 bits per heavy atom. The molecule has 3 nitrogen and oxygen atoms in total. The van der Waals surface area contributed by atoms with Gasteiger partial charge in [-0.1, -0.05) is 0 Å². The zero-order valence-electron chi connectivity index (χ0n) is 12.2. The lowest BCUT2D eigenvalue weighted by Crippen LogP contribution is -2.51. The first-order chi connectivity index (χ1) is 10.2. The van der Waals surface area contributed by atoms with Gasteiger partial charge >= 0.3 is 6.18 Å². The molecule has 0 bridgehead atoms. The van der Waals surface area contributed by atoms with Crippen molar-refractivity contribution in [1.29, 1.82) is 0 Å². The third kappa shape index (κ3) is 3.40. The molecule has 7 heteroatoms. The van der Waals surface area contributed by atoms with Gasteiger partial charge in [-0.2, -0.15) is 13.2 Å². The normalized spacial score (nSPS) is 20.8. The molecule has 2 rings (SSSR count). The van der Waals surface area contributed by atoms with Crippen LogP contribution in [-0.2, 0) is 6.18 Å². The van der Waals surface area contributed by atoms with E-state index in [-0.39, 0.29) is 17.6 Å². The van der Waals surface area contributed by atoms with E-state index in [0.717, 1.165) is 25.3 Å². The summed E-state index contributed by atoms with van der Waals surface area (Å²) in [5.41, 5.74) is 4.27. The number of rotatable bonds is 2. The van der Waals surface area contributed by atoms with E-state index in [4.69, 9.17) is 5.73 Å². The van der Waals surface area contributed by atoms with Crippen LogP contribution in [0.25, 0.3) is 0 Å². The van der Waals surface area contributed by atoms with E-state index in [1.54, 1.807) is 6.92 Å². The van der Waals surface area contributed by atoms with Crippen LogP contribution in [0, 0.1) is 5.82 Å². The molecule has 0 saturated carbocycles. The molecule has 0 radical (unpaired) electrons. The molecule has 2 unspecified atom stereocenters. The molecule has 1 fully saturated rings. The lowest BCUT2D eigenvalue weighted by atomic mass is 9.95. The van der Waals surface area contributed by atoms with Crippen molar-refractivity contribution >= 4 is 5.91 Å². The molecular weight excluding hydrogens is 300 g/mol. The van der Waals surface area contributed by atoms with Crippen molar-refractivity contribution in [1.82, 2.24) is 4.90 Å². The van der Waals surface area contributed by atoms with Crippen LogP contribution in [0.4, 0.5) is 17.6 Å². The standard InChI is InChI=1S/C15H18F4N2O/c1-9(20)13-4-2-3-7-21(13)14(22)10-5-6-12(16)11(8-10)15(17,18)19/h5-6,8-9,13H,2-4,7,20H2,1H3. The molecule has 1 heterocycles. The van der Waals surface area contributed by atoms with Crippen molar-refractivity contribution in [2.24, 2.45) is 5.73 Å². The van der Waals surface area contributed by atoms with Gasteiger partial charge < -0.3 is 10.6 Å². The zero-order valence-corrected chi connectivity index (χ0v) is 12.2. The van der Waals surface area contributed by atoms with Gasteiger partial charge in [0.1, 0.15) is 5.82 Å². The fourth-order valence-electron chi connectivity index (χ4n) is 2.80. The number of alkyl halides is 3. The molecule has 0 aromatic heterocycles. The van der Waals surface area contributed by atoms with Gasteiger partial charge in [0.05, 0.1) is 5.56 Å². The third-order valence-corrected chi connectivity index (χ3v) is 3.94. The molecule has 1 aliphatic rings. The highest BCUT2D eigenvalue weighted by Gasteiger charge is 2.36. The summed E-state index contributed by atoms with van der Waals surface area (Å²) >= 11 is 0. The zero-order chi connectivity index (χ0) is 16.5. The van der Waals surface area contributed by atoms with Crippen molar-refractivity contribution in [2.45, 2.75) is 44.4 Å². The highest BCUT2D eigenvalue weighted by Crippen LogP contribution is 2.32. The second-order valence-corrected chi connectivity index (χ2v) is 5.61. The molecular formula is C15H18F4N2O. The van der Waals surface area contributed by atoms with Crippen molar-refractivity contribution in [3.63, 3.8) is 0 Å². The Bertz CT molecular complexity index is 557. The molecule has 0 spiro atoms. The van der Waals surface area contributed by atoms with E-state index in [9.17, 15) is 22.4 Å². The predicted octanol–water partition coefficient (Wildman–Crippen LogP) is 3.19. The number of nitrogens with zero attached hydrogens (tertiary/aromatic N) is 1. The van der Waals surface area contributed by atoms with E-state index < -0.39 is 23.5 Å². The number of carbonyl (C=O) groups is 1. The maximum atomic E-state index is 13.3. The average molecular weight is 318 g/mol. The van der Waals surface area contributed by atoms with Crippen LogP contribution in [-0.4, -0.2) is 29.4 Å². The molecule has 122 valence electrons. The minimum atomic E-state index is -4.83. The van der Waals surface area contributed by atoms with Crippen molar-refractivity contribution in [3.8, 4) is 0 Å². The van der Waals surface area contributed by atoms with E-state index in [1.807, 2.05) is 0 Å². The summed E-state index contributed by atoms with van der Waals surface area (Å²) in [7, 11) is 0. The third-order valence-electron chi connectivity index (χ3n) is 3.94. The second-order valence-electron chi connectivity index (χ2n) is 5.61. The highest BCUT2D eigenvalue weighted by atomic mass is 19.4. The van der Waals surface area contributed by atoms with Gasteiger partial charge in [0.25, 0.3) is 5.91 Å². The van der Waals surface area contributed by atoms with Crippen molar-refractivity contribution < 1.29 is 22.4 Å². The summed E-state index contributed by atoms with van der Waals surface area (Å²) < 4.78 is 51.6. The maximum absolute atomic E-state index is 13.3. The van der Waals surface area contributed by atoms with Crippen LogP contribution >= 0.6 is 0 Å². The highest BCUT2D eigenvalue weighted by molar-refractivity contribution is 5.94. The Balaban J connectivity index is 2.33. The second kappa shape index (κ2) is 6.24. The monoisotopic (exact) mass is 318 g/mol. The van der Waals surface area contributed by atoms with E-state index >= 15 is 0 Å². The van der Waals surface area contributed by atoms with Crippen LogP contribution in [0.1, 0.15) is 42.1 Å². The number of piperidine rings is 1. The molecule has 1 aliphatic heterocycles.